The van der Waals surface area contributed by atoms with Gasteiger partial charge in [-0.05, 0) is 56.9 Å². The normalized spacial score (nSPS) is 37.6. The highest BCUT2D eigenvalue weighted by molar-refractivity contribution is 4.91. The summed E-state index contributed by atoms with van der Waals surface area (Å²) >= 11 is 0. The Balaban J connectivity index is 1.64. The number of hydrogen-bond donors (Lipinski definition) is 1. The molecular formula is C13H23N. The van der Waals surface area contributed by atoms with Crippen LogP contribution in [0.25, 0.3) is 0 Å². The van der Waals surface area contributed by atoms with Crippen LogP contribution in [0.1, 0.15) is 45.4 Å². The van der Waals surface area contributed by atoms with Crippen LogP contribution in [0.2, 0.25) is 0 Å². The highest BCUT2D eigenvalue weighted by Crippen LogP contribution is 2.25. The van der Waals surface area contributed by atoms with Gasteiger partial charge in [0.05, 0.1) is 0 Å². The van der Waals surface area contributed by atoms with E-state index in [-0.39, 0.29) is 0 Å². The molecule has 0 aromatic rings. The zero-order valence-electron chi connectivity index (χ0n) is 9.34. The summed E-state index contributed by atoms with van der Waals surface area (Å²) in [5.74, 6) is 1.87. The van der Waals surface area contributed by atoms with Gasteiger partial charge >= 0.3 is 0 Å². The molecule has 14 heavy (non-hydrogen) atoms. The molecule has 0 saturated heterocycles. The minimum Gasteiger partial charge on any atom is -0.314 e. The zero-order valence-corrected chi connectivity index (χ0v) is 9.34. The van der Waals surface area contributed by atoms with E-state index in [0.717, 1.165) is 17.9 Å². The van der Waals surface area contributed by atoms with Gasteiger partial charge < -0.3 is 5.32 Å². The first kappa shape index (κ1) is 10.2. The monoisotopic (exact) mass is 193 g/mol. The summed E-state index contributed by atoms with van der Waals surface area (Å²) in [6.45, 7) is 3.63. The van der Waals surface area contributed by atoms with Crippen molar-refractivity contribution < 1.29 is 0 Å². The maximum atomic E-state index is 3.75. The summed E-state index contributed by atoms with van der Waals surface area (Å²) in [4.78, 5) is 0. The van der Waals surface area contributed by atoms with Gasteiger partial charge in [-0.3, -0.25) is 0 Å². The largest absolute Gasteiger partial charge is 0.314 e. The van der Waals surface area contributed by atoms with Gasteiger partial charge in [-0.1, -0.05) is 19.1 Å². The summed E-state index contributed by atoms with van der Waals surface area (Å²) in [7, 11) is 0. The first-order valence-corrected chi connectivity index (χ1v) is 6.23. The fraction of sp³-hybridized carbons (Fsp3) is 0.846. The fourth-order valence-corrected chi connectivity index (χ4v) is 2.77. The molecule has 3 unspecified atom stereocenters. The lowest BCUT2D eigenvalue weighted by Crippen LogP contribution is -2.31. The molecule has 0 bridgehead atoms. The molecule has 0 heterocycles. The Morgan fingerprint density at radius 1 is 1.21 bits per heavy atom. The molecule has 80 valence electrons. The van der Waals surface area contributed by atoms with Crippen molar-refractivity contribution in [2.45, 2.75) is 51.5 Å². The lowest BCUT2D eigenvalue weighted by Gasteiger charge is -2.21. The van der Waals surface area contributed by atoms with E-state index < -0.39 is 0 Å². The van der Waals surface area contributed by atoms with Gasteiger partial charge in [-0.15, -0.1) is 0 Å². The van der Waals surface area contributed by atoms with Gasteiger partial charge in [0.15, 0.2) is 0 Å². The first-order chi connectivity index (χ1) is 6.84. The zero-order chi connectivity index (χ0) is 9.80. The molecule has 0 spiro atoms. The Labute approximate surface area is 88.0 Å². The summed E-state index contributed by atoms with van der Waals surface area (Å²) in [6, 6.07) is 0.830. The Hall–Kier alpha value is -0.300. The van der Waals surface area contributed by atoms with Crippen molar-refractivity contribution in [3.05, 3.63) is 12.2 Å². The van der Waals surface area contributed by atoms with E-state index in [1.54, 1.807) is 0 Å². The number of allylic oxidation sites excluding steroid dienone is 2. The van der Waals surface area contributed by atoms with Crippen molar-refractivity contribution in [1.29, 1.82) is 0 Å². The minimum absolute atomic E-state index is 0.830. The summed E-state index contributed by atoms with van der Waals surface area (Å²) in [5, 5.41) is 3.75. The molecule has 1 heteroatoms. The van der Waals surface area contributed by atoms with E-state index in [0.29, 0.717) is 0 Å². The third-order valence-corrected chi connectivity index (χ3v) is 3.77. The van der Waals surface area contributed by atoms with Crippen molar-refractivity contribution in [3.8, 4) is 0 Å². The predicted octanol–water partition coefficient (Wildman–Crippen LogP) is 3.12. The molecule has 1 N–H and O–H groups in total. The molecule has 0 aliphatic heterocycles. The van der Waals surface area contributed by atoms with E-state index in [9.17, 15) is 0 Å². The van der Waals surface area contributed by atoms with Crippen LogP contribution in [0.15, 0.2) is 12.2 Å². The van der Waals surface area contributed by atoms with Gasteiger partial charge in [0.1, 0.15) is 0 Å². The number of rotatable bonds is 3. The minimum atomic E-state index is 0.830. The van der Waals surface area contributed by atoms with E-state index in [2.05, 4.69) is 24.4 Å². The van der Waals surface area contributed by atoms with Gasteiger partial charge in [-0.2, -0.15) is 0 Å². The second-order valence-corrected chi connectivity index (χ2v) is 5.17. The lowest BCUT2D eigenvalue weighted by molar-refractivity contribution is 0.399. The molecule has 3 atom stereocenters. The number of nitrogens with one attached hydrogen (secondary N) is 1. The van der Waals surface area contributed by atoms with Crippen LogP contribution in [-0.2, 0) is 0 Å². The lowest BCUT2D eigenvalue weighted by atomic mass is 9.94. The molecule has 2 aliphatic rings. The highest BCUT2D eigenvalue weighted by Gasteiger charge is 2.21. The third-order valence-electron chi connectivity index (χ3n) is 3.77. The van der Waals surface area contributed by atoms with Crippen molar-refractivity contribution in [3.63, 3.8) is 0 Å². The molecule has 2 rings (SSSR count). The Morgan fingerprint density at radius 3 is 2.79 bits per heavy atom. The molecule has 0 aromatic carbocycles. The Morgan fingerprint density at radius 2 is 2.14 bits per heavy atom. The standard InChI is InChI=1S/C13H23N/c1-11-7-8-13(9-11)14-10-12-5-3-2-4-6-12/h2-3,11-14H,4-10H2,1H3. The van der Waals surface area contributed by atoms with Crippen molar-refractivity contribution in [2.24, 2.45) is 11.8 Å². The van der Waals surface area contributed by atoms with Crippen molar-refractivity contribution in [1.82, 2.24) is 5.32 Å². The van der Waals surface area contributed by atoms with E-state index >= 15 is 0 Å². The van der Waals surface area contributed by atoms with Gasteiger partial charge in [0.25, 0.3) is 0 Å². The number of hydrogen-bond acceptors (Lipinski definition) is 1. The molecular weight excluding hydrogens is 170 g/mol. The predicted molar refractivity (Wildman–Crippen MR) is 61.3 cm³/mol. The van der Waals surface area contributed by atoms with Gasteiger partial charge in [0.2, 0.25) is 0 Å². The molecule has 1 fully saturated rings. The molecule has 1 nitrogen and oxygen atoms in total. The van der Waals surface area contributed by atoms with Gasteiger partial charge in [-0.25, -0.2) is 0 Å². The summed E-state index contributed by atoms with van der Waals surface area (Å²) < 4.78 is 0. The fourth-order valence-electron chi connectivity index (χ4n) is 2.77. The molecule has 0 aromatic heterocycles. The molecule has 0 amide bonds. The average molecular weight is 193 g/mol. The SMILES string of the molecule is CC1CCC(NCC2CC=CCC2)C1. The van der Waals surface area contributed by atoms with Crippen LogP contribution < -0.4 is 5.32 Å². The smallest absolute Gasteiger partial charge is 0.00698 e. The van der Waals surface area contributed by atoms with Crippen LogP contribution in [0.4, 0.5) is 0 Å². The van der Waals surface area contributed by atoms with Crippen molar-refractivity contribution >= 4 is 0 Å². The van der Waals surface area contributed by atoms with Crippen LogP contribution in [0.5, 0.6) is 0 Å². The molecule has 1 saturated carbocycles. The summed E-state index contributed by atoms with van der Waals surface area (Å²) in [6.07, 6.45) is 12.9. The molecule has 2 aliphatic carbocycles. The van der Waals surface area contributed by atoms with Crippen LogP contribution in [0.3, 0.4) is 0 Å². The summed E-state index contributed by atoms with van der Waals surface area (Å²) in [5.41, 5.74) is 0. The molecule has 0 radical (unpaired) electrons. The second-order valence-electron chi connectivity index (χ2n) is 5.17. The first-order valence-electron chi connectivity index (χ1n) is 6.23. The van der Waals surface area contributed by atoms with E-state index in [1.165, 1.54) is 45.1 Å². The maximum absolute atomic E-state index is 3.75. The Kier molecular flexibility index (Phi) is 3.63. The topological polar surface area (TPSA) is 12.0 Å². The van der Waals surface area contributed by atoms with Gasteiger partial charge in [0, 0.05) is 6.04 Å². The second kappa shape index (κ2) is 4.97. The third kappa shape index (κ3) is 2.84. The maximum Gasteiger partial charge on any atom is 0.00698 e. The Bertz CT molecular complexity index is 197. The van der Waals surface area contributed by atoms with Crippen molar-refractivity contribution in [2.75, 3.05) is 6.54 Å². The van der Waals surface area contributed by atoms with Crippen LogP contribution in [0, 0.1) is 11.8 Å². The van der Waals surface area contributed by atoms with E-state index in [1.807, 2.05) is 0 Å². The van der Waals surface area contributed by atoms with E-state index in [4.69, 9.17) is 0 Å². The quantitative estimate of drug-likeness (QED) is 0.679. The van der Waals surface area contributed by atoms with Crippen LogP contribution >= 0.6 is 0 Å². The van der Waals surface area contributed by atoms with Crippen LogP contribution in [-0.4, -0.2) is 12.6 Å². The average Bonchev–Trinajstić information content (AvgIpc) is 2.63. The highest BCUT2D eigenvalue weighted by atomic mass is 14.9.